The van der Waals surface area contributed by atoms with Crippen LogP contribution in [0.3, 0.4) is 0 Å². The maximum Gasteiger partial charge on any atom is 0.160 e. The van der Waals surface area contributed by atoms with Crippen molar-refractivity contribution >= 4 is 17.4 Å². The van der Waals surface area contributed by atoms with Gasteiger partial charge in [0.15, 0.2) is 5.65 Å². The number of pyridine rings is 1. The normalized spacial score (nSPS) is 25.4. The standard InChI is InChI=1S/C16H22N4S/c1-2-9-20-15(5-1)17-18-16(20)13-4-3-8-19(12-13)14-6-10-21-11-7-14/h1-2,5,9,13-14H,3-4,6-8,10-12H2/t13-/m0/s1. The van der Waals surface area contributed by atoms with E-state index in [1.165, 1.54) is 43.7 Å². The van der Waals surface area contributed by atoms with E-state index in [0.717, 1.165) is 24.1 Å². The van der Waals surface area contributed by atoms with Gasteiger partial charge in [-0.3, -0.25) is 9.30 Å². The smallest absolute Gasteiger partial charge is 0.160 e. The van der Waals surface area contributed by atoms with Gasteiger partial charge in [-0.1, -0.05) is 6.07 Å². The highest BCUT2D eigenvalue weighted by Crippen LogP contribution is 2.30. The molecule has 0 spiro atoms. The Morgan fingerprint density at radius 1 is 1.10 bits per heavy atom. The first-order valence-corrected chi connectivity index (χ1v) is 9.19. The molecule has 112 valence electrons. The average Bonchev–Trinajstić information content (AvgIpc) is 3.00. The number of thioether (sulfide) groups is 1. The van der Waals surface area contributed by atoms with E-state index >= 15 is 0 Å². The van der Waals surface area contributed by atoms with Crippen LogP contribution in [-0.4, -0.2) is 50.1 Å². The van der Waals surface area contributed by atoms with Gasteiger partial charge in [0.1, 0.15) is 5.82 Å². The molecular formula is C16H22N4S. The van der Waals surface area contributed by atoms with Crippen LogP contribution in [0.15, 0.2) is 24.4 Å². The van der Waals surface area contributed by atoms with E-state index in [0.29, 0.717) is 5.92 Å². The van der Waals surface area contributed by atoms with Crippen molar-refractivity contribution in [3.8, 4) is 0 Å². The predicted octanol–water partition coefficient (Wildman–Crippen LogP) is 2.80. The quantitative estimate of drug-likeness (QED) is 0.854. The number of hydrogen-bond donors (Lipinski definition) is 0. The zero-order valence-electron chi connectivity index (χ0n) is 12.3. The Kier molecular flexibility index (Phi) is 3.86. The largest absolute Gasteiger partial charge is 0.300 e. The predicted molar refractivity (Wildman–Crippen MR) is 86.9 cm³/mol. The van der Waals surface area contributed by atoms with Crippen molar-refractivity contribution in [2.75, 3.05) is 24.6 Å². The van der Waals surface area contributed by atoms with Crippen molar-refractivity contribution in [1.29, 1.82) is 0 Å². The van der Waals surface area contributed by atoms with Gasteiger partial charge >= 0.3 is 0 Å². The summed E-state index contributed by atoms with van der Waals surface area (Å²) in [5, 5.41) is 8.80. The van der Waals surface area contributed by atoms with Gasteiger partial charge in [0.25, 0.3) is 0 Å². The van der Waals surface area contributed by atoms with E-state index in [9.17, 15) is 0 Å². The van der Waals surface area contributed by atoms with Gasteiger partial charge in [-0.15, -0.1) is 10.2 Å². The summed E-state index contributed by atoms with van der Waals surface area (Å²) in [5.41, 5.74) is 0.971. The first-order chi connectivity index (χ1) is 10.4. The van der Waals surface area contributed by atoms with Crippen molar-refractivity contribution in [1.82, 2.24) is 19.5 Å². The van der Waals surface area contributed by atoms with Crippen molar-refractivity contribution in [3.05, 3.63) is 30.2 Å². The topological polar surface area (TPSA) is 33.4 Å². The van der Waals surface area contributed by atoms with Crippen LogP contribution in [0.1, 0.15) is 37.4 Å². The first kappa shape index (κ1) is 13.6. The van der Waals surface area contributed by atoms with Crippen LogP contribution in [0.25, 0.3) is 5.65 Å². The molecule has 2 aliphatic heterocycles. The SMILES string of the molecule is c1ccn2c([C@H]3CCCN(C4CCSCC4)C3)nnc2c1. The molecule has 0 saturated carbocycles. The molecule has 0 amide bonds. The lowest BCUT2D eigenvalue weighted by atomic mass is 9.94. The Labute approximate surface area is 129 Å². The van der Waals surface area contributed by atoms with Crippen LogP contribution < -0.4 is 0 Å². The fraction of sp³-hybridized carbons (Fsp3) is 0.625. The lowest BCUT2D eigenvalue weighted by Crippen LogP contribution is -2.44. The summed E-state index contributed by atoms with van der Waals surface area (Å²) in [5.74, 6) is 4.35. The second kappa shape index (κ2) is 5.97. The molecular weight excluding hydrogens is 280 g/mol. The third-order valence-corrected chi connectivity index (χ3v) is 5.91. The molecule has 2 aromatic rings. The van der Waals surface area contributed by atoms with Crippen LogP contribution in [0.2, 0.25) is 0 Å². The summed E-state index contributed by atoms with van der Waals surface area (Å²) in [7, 11) is 0. The van der Waals surface area contributed by atoms with Crippen LogP contribution in [0.5, 0.6) is 0 Å². The minimum absolute atomic E-state index is 0.533. The zero-order chi connectivity index (χ0) is 14.1. The Bertz CT molecular complexity index is 605. The molecule has 0 radical (unpaired) electrons. The van der Waals surface area contributed by atoms with E-state index in [-0.39, 0.29) is 0 Å². The molecule has 0 N–H and O–H groups in total. The lowest BCUT2D eigenvalue weighted by molar-refractivity contribution is 0.137. The minimum Gasteiger partial charge on any atom is -0.300 e. The van der Waals surface area contributed by atoms with Gasteiger partial charge in [-0.25, -0.2) is 0 Å². The molecule has 4 heterocycles. The number of aromatic nitrogens is 3. The van der Waals surface area contributed by atoms with Gasteiger partial charge in [0, 0.05) is 24.7 Å². The van der Waals surface area contributed by atoms with E-state index in [4.69, 9.17) is 0 Å². The molecule has 21 heavy (non-hydrogen) atoms. The van der Waals surface area contributed by atoms with Crippen molar-refractivity contribution in [2.24, 2.45) is 0 Å². The van der Waals surface area contributed by atoms with Crippen LogP contribution in [0.4, 0.5) is 0 Å². The first-order valence-electron chi connectivity index (χ1n) is 8.03. The van der Waals surface area contributed by atoms with E-state index in [1.54, 1.807) is 0 Å². The van der Waals surface area contributed by atoms with Crippen molar-refractivity contribution < 1.29 is 0 Å². The lowest BCUT2D eigenvalue weighted by Gasteiger charge is -2.39. The van der Waals surface area contributed by atoms with E-state index in [1.807, 2.05) is 12.1 Å². The summed E-state index contributed by atoms with van der Waals surface area (Å²) in [6, 6.07) is 6.93. The maximum atomic E-state index is 4.48. The summed E-state index contributed by atoms with van der Waals surface area (Å²) < 4.78 is 2.17. The third-order valence-electron chi connectivity index (χ3n) is 4.87. The number of fused-ring (bicyclic) bond motifs is 1. The van der Waals surface area contributed by atoms with E-state index < -0.39 is 0 Å². The summed E-state index contributed by atoms with van der Waals surface area (Å²) in [6.07, 6.45) is 7.35. The number of rotatable bonds is 2. The van der Waals surface area contributed by atoms with Crippen LogP contribution in [-0.2, 0) is 0 Å². The fourth-order valence-corrected chi connectivity index (χ4v) is 4.82. The van der Waals surface area contributed by atoms with E-state index in [2.05, 4.69) is 43.5 Å². The molecule has 5 heteroatoms. The third kappa shape index (κ3) is 2.69. The molecule has 2 saturated heterocycles. The Morgan fingerprint density at radius 3 is 2.90 bits per heavy atom. The molecule has 4 nitrogen and oxygen atoms in total. The molecule has 2 aliphatic rings. The van der Waals surface area contributed by atoms with Gasteiger partial charge in [-0.05, 0) is 55.9 Å². The molecule has 0 unspecified atom stereocenters. The summed E-state index contributed by atoms with van der Waals surface area (Å²) >= 11 is 2.11. The highest BCUT2D eigenvalue weighted by atomic mass is 32.2. The number of nitrogens with zero attached hydrogens (tertiary/aromatic N) is 4. The second-order valence-electron chi connectivity index (χ2n) is 6.16. The van der Waals surface area contributed by atoms with Gasteiger partial charge in [0.05, 0.1) is 0 Å². The monoisotopic (exact) mass is 302 g/mol. The number of likely N-dealkylation sites (tertiary alicyclic amines) is 1. The van der Waals surface area contributed by atoms with Crippen molar-refractivity contribution in [3.63, 3.8) is 0 Å². The number of hydrogen-bond acceptors (Lipinski definition) is 4. The van der Waals surface area contributed by atoms with Gasteiger partial charge in [0.2, 0.25) is 0 Å². The molecule has 0 aliphatic carbocycles. The van der Waals surface area contributed by atoms with Crippen LogP contribution in [0, 0.1) is 0 Å². The average molecular weight is 302 g/mol. The van der Waals surface area contributed by atoms with Crippen molar-refractivity contribution in [2.45, 2.75) is 37.6 Å². The molecule has 4 rings (SSSR count). The fourth-order valence-electron chi connectivity index (χ4n) is 3.74. The summed E-state index contributed by atoms with van der Waals surface area (Å²) in [4.78, 5) is 2.72. The highest BCUT2D eigenvalue weighted by Gasteiger charge is 2.29. The Hall–Kier alpha value is -1.07. The maximum absolute atomic E-state index is 4.48. The van der Waals surface area contributed by atoms with Gasteiger partial charge < -0.3 is 0 Å². The molecule has 2 fully saturated rings. The highest BCUT2D eigenvalue weighted by molar-refractivity contribution is 7.99. The van der Waals surface area contributed by atoms with Gasteiger partial charge in [-0.2, -0.15) is 11.8 Å². The van der Waals surface area contributed by atoms with Crippen LogP contribution >= 0.6 is 11.8 Å². The molecule has 2 aromatic heterocycles. The Morgan fingerprint density at radius 2 is 2.00 bits per heavy atom. The molecule has 0 bridgehead atoms. The summed E-state index contributed by atoms with van der Waals surface area (Å²) in [6.45, 7) is 2.42. The zero-order valence-corrected chi connectivity index (χ0v) is 13.1. The molecule has 1 atom stereocenters. The number of piperidine rings is 1. The minimum atomic E-state index is 0.533. The molecule has 0 aromatic carbocycles. The second-order valence-corrected chi connectivity index (χ2v) is 7.39. The Balaban J connectivity index is 1.54.